The lowest BCUT2D eigenvalue weighted by atomic mass is 9.98. The molecule has 3 N–H and O–H groups in total. The summed E-state index contributed by atoms with van der Waals surface area (Å²) >= 11 is 0. The highest BCUT2D eigenvalue weighted by molar-refractivity contribution is 5.87. The van der Waals surface area contributed by atoms with E-state index in [1.54, 1.807) is 31.2 Å². The van der Waals surface area contributed by atoms with Gasteiger partial charge in [0.05, 0.1) is 6.17 Å². The van der Waals surface area contributed by atoms with Gasteiger partial charge in [-0.25, -0.2) is 4.79 Å². The predicted octanol–water partition coefficient (Wildman–Crippen LogP) is 3.47. The summed E-state index contributed by atoms with van der Waals surface area (Å²) in [4.78, 5) is 36.2. The number of alkyl carbamates (subject to hydrolysis) is 1. The van der Waals surface area contributed by atoms with Gasteiger partial charge in [-0.3, -0.25) is 9.59 Å². The molecule has 0 unspecified atom stereocenters. The van der Waals surface area contributed by atoms with Crippen LogP contribution in [0.25, 0.3) is 11.1 Å². The minimum Gasteiger partial charge on any atom is -0.449 e. The molecule has 33 heavy (non-hydrogen) atoms. The van der Waals surface area contributed by atoms with Crippen LogP contribution in [0, 0.1) is 0 Å². The van der Waals surface area contributed by atoms with Crippen LogP contribution in [0.5, 0.6) is 0 Å². The highest BCUT2D eigenvalue weighted by Crippen LogP contribution is 2.44. The normalized spacial score (nSPS) is 13.7. The minimum absolute atomic E-state index is 0.0797. The van der Waals surface area contributed by atoms with Crippen molar-refractivity contribution in [3.63, 3.8) is 0 Å². The molecule has 0 heterocycles. The van der Waals surface area contributed by atoms with Gasteiger partial charge in [-0.15, -0.1) is 0 Å². The van der Waals surface area contributed by atoms with Gasteiger partial charge in [0.25, 0.3) is 0 Å². The first-order valence-electron chi connectivity index (χ1n) is 10.7. The first-order chi connectivity index (χ1) is 16.1. The summed E-state index contributed by atoms with van der Waals surface area (Å²) in [6.07, 6.45) is -0.788. The van der Waals surface area contributed by atoms with Crippen LogP contribution in [-0.2, 0) is 14.3 Å². The quantitative estimate of drug-likeness (QED) is 0.367. The van der Waals surface area contributed by atoms with Gasteiger partial charge in [-0.1, -0.05) is 78.9 Å². The summed E-state index contributed by atoms with van der Waals surface area (Å²) in [5, 5.41) is 7.78. The van der Waals surface area contributed by atoms with Crippen LogP contribution in [-0.4, -0.2) is 31.2 Å². The Labute approximate surface area is 192 Å². The average molecular weight is 444 g/mol. The van der Waals surface area contributed by atoms with E-state index in [9.17, 15) is 14.4 Å². The molecule has 3 aromatic carbocycles. The number of rotatable bonds is 8. The van der Waals surface area contributed by atoms with Gasteiger partial charge in [0, 0.05) is 5.92 Å². The molecule has 2 atom stereocenters. The van der Waals surface area contributed by atoms with E-state index in [0.29, 0.717) is 12.0 Å². The van der Waals surface area contributed by atoms with E-state index in [2.05, 4.69) is 28.1 Å². The predicted molar refractivity (Wildman–Crippen MR) is 124 cm³/mol. The fourth-order valence-electron chi connectivity index (χ4n) is 4.14. The third kappa shape index (κ3) is 4.87. The number of hydrogen-bond donors (Lipinski definition) is 3. The Balaban J connectivity index is 1.47. The number of ether oxygens (including phenoxy) is 1. The van der Waals surface area contributed by atoms with Gasteiger partial charge in [-0.2, -0.15) is 0 Å². The van der Waals surface area contributed by atoms with Crippen molar-refractivity contribution in [3.05, 3.63) is 95.6 Å². The van der Waals surface area contributed by atoms with E-state index in [1.807, 2.05) is 42.5 Å². The lowest BCUT2D eigenvalue weighted by Crippen LogP contribution is -2.48. The molecule has 3 aromatic rings. The third-order valence-corrected chi connectivity index (χ3v) is 5.68. The molecule has 0 radical (unpaired) electrons. The zero-order chi connectivity index (χ0) is 23.2. The number of carbonyl (C=O) groups excluding carboxylic acids is 3. The standard InChI is InChI=1S/C26H25N3O4/c1-17(27-16-30)28-25(31)24(18-9-3-2-4-10-18)29-26(32)33-15-23-21-13-7-5-11-19(21)20-12-6-8-14-22(20)23/h2-14,16-17,23-24H,15H2,1H3,(H,27,30)(H,28,31)(H,29,32)/t17-,24+/m0/s1. The largest absolute Gasteiger partial charge is 0.449 e. The topological polar surface area (TPSA) is 96.5 Å². The van der Waals surface area contributed by atoms with Gasteiger partial charge in [-0.05, 0) is 34.7 Å². The molecular weight excluding hydrogens is 418 g/mol. The van der Waals surface area contributed by atoms with Crippen LogP contribution in [0.1, 0.15) is 35.6 Å². The van der Waals surface area contributed by atoms with Crippen LogP contribution in [0.15, 0.2) is 78.9 Å². The highest BCUT2D eigenvalue weighted by atomic mass is 16.5. The van der Waals surface area contributed by atoms with E-state index in [0.717, 1.165) is 22.3 Å². The zero-order valence-corrected chi connectivity index (χ0v) is 18.2. The van der Waals surface area contributed by atoms with Gasteiger partial charge in [0.2, 0.25) is 12.3 Å². The molecule has 1 aliphatic rings. The summed E-state index contributed by atoms with van der Waals surface area (Å²) in [6, 6.07) is 24.1. The summed E-state index contributed by atoms with van der Waals surface area (Å²) in [5.41, 5.74) is 5.10. The molecule has 0 spiro atoms. The monoisotopic (exact) mass is 443 g/mol. The molecule has 0 aromatic heterocycles. The van der Waals surface area contributed by atoms with Crippen molar-refractivity contribution in [3.8, 4) is 11.1 Å². The van der Waals surface area contributed by atoms with Gasteiger partial charge in [0.1, 0.15) is 12.6 Å². The summed E-state index contributed by atoms with van der Waals surface area (Å²) in [7, 11) is 0. The van der Waals surface area contributed by atoms with Crippen molar-refractivity contribution in [1.82, 2.24) is 16.0 Å². The Bertz CT molecular complexity index is 1100. The molecule has 168 valence electrons. The van der Waals surface area contributed by atoms with Gasteiger partial charge < -0.3 is 20.7 Å². The molecule has 0 fully saturated rings. The SMILES string of the molecule is C[C@@H](NC=O)NC(=O)[C@H](NC(=O)OCC1c2ccccc2-c2ccccc21)c1ccccc1. The van der Waals surface area contributed by atoms with Gasteiger partial charge >= 0.3 is 6.09 Å². The van der Waals surface area contributed by atoms with E-state index in [4.69, 9.17) is 4.74 Å². The maximum Gasteiger partial charge on any atom is 0.408 e. The molecule has 4 rings (SSSR count). The summed E-state index contributed by atoms with van der Waals surface area (Å²) in [6.45, 7) is 1.77. The van der Waals surface area contributed by atoms with Crippen LogP contribution < -0.4 is 16.0 Å². The second-order valence-corrected chi connectivity index (χ2v) is 7.83. The van der Waals surface area contributed by atoms with Gasteiger partial charge in [0.15, 0.2) is 0 Å². The lowest BCUT2D eigenvalue weighted by molar-refractivity contribution is -0.124. The molecule has 7 nitrogen and oxygen atoms in total. The molecule has 1 aliphatic carbocycles. The van der Waals surface area contributed by atoms with E-state index in [1.165, 1.54) is 0 Å². The number of benzene rings is 3. The lowest BCUT2D eigenvalue weighted by Gasteiger charge is -2.22. The van der Waals surface area contributed by atoms with Crippen LogP contribution in [0.2, 0.25) is 0 Å². The molecule has 3 amide bonds. The zero-order valence-electron chi connectivity index (χ0n) is 18.2. The number of fused-ring (bicyclic) bond motifs is 3. The molecule has 7 heteroatoms. The van der Waals surface area contributed by atoms with E-state index in [-0.39, 0.29) is 12.5 Å². The van der Waals surface area contributed by atoms with Crippen molar-refractivity contribution >= 4 is 18.4 Å². The number of amides is 3. The Hall–Kier alpha value is -4.13. The van der Waals surface area contributed by atoms with Crippen LogP contribution >= 0.6 is 0 Å². The first-order valence-corrected chi connectivity index (χ1v) is 10.7. The number of hydrogen-bond acceptors (Lipinski definition) is 4. The second-order valence-electron chi connectivity index (χ2n) is 7.83. The fourth-order valence-corrected chi connectivity index (χ4v) is 4.14. The maximum absolute atomic E-state index is 12.8. The molecule has 0 saturated heterocycles. The Morgan fingerprint density at radius 2 is 1.45 bits per heavy atom. The first kappa shape index (κ1) is 22.1. The number of carbonyl (C=O) groups is 3. The van der Waals surface area contributed by atoms with E-state index >= 15 is 0 Å². The summed E-state index contributed by atoms with van der Waals surface area (Å²) < 4.78 is 5.59. The van der Waals surface area contributed by atoms with Crippen molar-refractivity contribution in [2.75, 3.05) is 6.61 Å². The van der Waals surface area contributed by atoms with Crippen LogP contribution in [0.3, 0.4) is 0 Å². The van der Waals surface area contributed by atoms with Crippen molar-refractivity contribution in [2.45, 2.75) is 25.0 Å². The molecule has 0 saturated carbocycles. The minimum atomic E-state index is -0.974. The molecule has 0 bridgehead atoms. The van der Waals surface area contributed by atoms with Crippen molar-refractivity contribution in [1.29, 1.82) is 0 Å². The fraction of sp³-hybridized carbons (Fsp3) is 0.192. The van der Waals surface area contributed by atoms with Crippen molar-refractivity contribution in [2.24, 2.45) is 0 Å². The molecular formula is C26H25N3O4. The number of nitrogens with one attached hydrogen (secondary N) is 3. The highest BCUT2D eigenvalue weighted by Gasteiger charge is 2.30. The van der Waals surface area contributed by atoms with Crippen molar-refractivity contribution < 1.29 is 19.1 Å². The molecule has 0 aliphatic heterocycles. The Morgan fingerprint density at radius 1 is 0.879 bits per heavy atom. The third-order valence-electron chi connectivity index (χ3n) is 5.68. The average Bonchev–Trinajstić information content (AvgIpc) is 3.15. The second kappa shape index (κ2) is 9.99. The maximum atomic E-state index is 12.8. The van der Waals surface area contributed by atoms with Crippen LogP contribution in [0.4, 0.5) is 4.79 Å². The summed E-state index contributed by atoms with van der Waals surface area (Å²) in [5.74, 6) is -0.541. The Kier molecular flexibility index (Phi) is 6.69. The Morgan fingerprint density at radius 3 is 2.06 bits per heavy atom. The smallest absolute Gasteiger partial charge is 0.408 e. The van der Waals surface area contributed by atoms with E-state index < -0.39 is 24.2 Å².